The molecule has 0 heterocycles. The number of nitrogens with two attached hydrogens (primary N) is 1. The van der Waals surface area contributed by atoms with E-state index in [-0.39, 0.29) is 6.54 Å². The van der Waals surface area contributed by atoms with Gasteiger partial charge in [-0.1, -0.05) is 37.3 Å². The van der Waals surface area contributed by atoms with Crippen molar-refractivity contribution in [2.45, 2.75) is 31.5 Å². The Kier molecular flexibility index (Phi) is 5.16. The van der Waals surface area contributed by atoms with E-state index in [2.05, 4.69) is 5.32 Å². The van der Waals surface area contributed by atoms with Gasteiger partial charge in [-0.2, -0.15) is 13.2 Å². The average molecular weight is 260 g/mol. The van der Waals surface area contributed by atoms with Crippen molar-refractivity contribution in [2.24, 2.45) is 5.73 Å². The smallest absolute Gasteiger partial charge is 0.329 e. The van der Waals surface area contributed by atoms with Crippen molar-refractivity contribution < 1.29 is 13.2 Å². The monoisotopic (exact) mass is 260 g/mol. The Morgan fingerprint density at radius 3 is 2.22 bits per heavy atom. The number of alkyl halides is 3. The lowest BCUT2D eigenvalue weighted by Gasteiger charge is -2.33. The molecule has 0 saturated heterocycles. The van der Waals surface area contributed by atoms with Crippen LogP contribution in [-0.4, -0.2) is 24.8 Å². The fourth-order valence-corrected chi connectivity index (χ4v) is 1.88. The van der Waals surface area contributed by atoms with Gasteiger partial charge in [-0.05, 0) is 18.4 Å². The van der Waals surface area contributed by atoms with Crippen molar-refractivity contribution >= 4 is 0 Å². The first kappa shape index (κ1) is 15.0. The summed E-state index contributed by atoms with van der Waals surface area (Å²) < 4.78 is 36.9. The van der Waals surface area contributed by atoms with E-state index in [1.165, 1.54) is 0 Å². The van der Waals surface area contributed by atoms with E-state index in [1.54, 1.807) is 0 Å². The minimum atomic E-state index is -4.22. The molecule has 0 aliphatic rings. The Morgan fingerprint density at radius 2 is 1.78 bits per heavy atom. The van der Waals surface area contributed by atoms with Crippen LogP contribution in [-0.2, 0) is 6.42 Å². The second-order valence-electron chi connectivity index (χ2n) is 4.47. The fourth-order valence-electron chi connectivity index (χ4n) is 1.88. The van der Waals surface area contributed by atoms with Crippen molar-refractivity contribution in [1.29, 1.82) is 0 Å². The minimum absolute atomic E-state index is 0.175. The first-order valence-electron chi connectivity index (χ1n) is 5.96. The highest BCUT2D eigenvalue weighted by Gasteiger charge is 2.33. The molecule has 0 aliphatic heterocycles. The van der Waals surface area contributed by atoms with Gasteiger partial charge in [-0.3, -0.25) is 0 Å². The molecule has 0 spiro atoms. The van der Waals surface area contributed by atoms with Gasteiger partial charge in [-0.25, -0.2) is 0 Å². The van der Waals surface area contributed by atoms with E-state index < -0.39 is 18.3 Å². The summed E-state index contributed by atoms with van der Waals surface area (Å²) in [5.41, 5.74) is 5.95. The van der Waals surface area contributed by atoms with Crippen LogP contribution in [0.4, 0.5) is 13.2 Å². The van der Waals surface area contributed by atoms with Gasteiger partial charge in [-0.15, -0.1) is 0 Å². The molecule has 3 N–H and O–H groups in total. The van der Waals surface area contributed by atoms with Crippen molar-refractivity contribution in [3.05, 3.63) is 35.9 Å². The van der Waals surface area contributed by atoms with Crippen LogP contribution in [0.5, 0.6) is 0 Å². The molecule has 0 aliphatic carbocycles. The molecule has 102 valence electrons. The third-order valence-corrected chi connectivity index (χ3v) is 3.12. The van der Waals surface area contributed by atoms with Gasteiger partial charge in [0.15, 0.2) is 0 Å². The van der Waals surface area contributed by atoms with E-state index >= 15 is 0 Å². The average Bonchev–Trinajstić information content (AvgIpc) is 2.35. The van der Waals surface area contributed by atoms with Crippen molar-refractivity contribution in [2.75, 3.05) is 13.1 Å². The van der Waals surface area contributed by atoms with Crippen LogP contribution in [0, 0.1) is 0 Å². The van der Waals surface area contributed by atoms with Gasteiger partial charge >= 0.3 is 6.18 Å². The number of hydrogen-bond acceptors (Lipinski definition) is 2. The number of rotatable bonds is 6. The standard InChI is InChI=1S/C13H19F3N2/c1-2-12(9-17,18-10-13(14,15)16)8-11-6-4-3-5-7-11/h3-7,18H,2,8-10,17H2,1H3. The molecule has 0 amide bonds. The second kappa shape index (κ2) is 6.20. The lowest BCUT2D eigenvalue weighted by atomic mass is 9.88. The molecule has 0 fully saturated rings. The summed E-state index contributed by atoms with van der Waals surface area (Å²) >= 11 is 0. The maximum Gasteiger partial charge on any atom is 0.401 e. The Morgan fingerprint density at radius 1 is 1.17 bits per heavy atom. The quantitative estimate of drug-likeness (QED) is 0.824. The van der Waals surface area contributed by atoms with Crippen LogP contribution < -0.4 is 11.1 Å². The van der Waals surface area contributed by atoms with Crippen LogP contribution in [0.1, 0.15) is 18.9 Å². The first-order valence-corrected chi connectivity index (χ1v) is 5.96. The molecule has 1 rings (SSSR count). The van der Waals surface area contributed by atoms with E-state index in [1.807, 2.05) is 37.3 Å². The Hall–Kier alpha value is -1.07. The molecular weight excluding hydrogens is 241 g/mol. The molecule has 1 unspecified atom stereocenters. The van der Waals surface area contributed by atoms with E-state index in [9.17, 15) is 13.2 Å². The van der Waals surface area contributed by atoms with Gasteiger partial charge in [0.05, 0.1) is 6.54 Å². The summed E-state index contributed by atoms with van der Waals surface area (Å²) in [6, 6.07) is 9.42. The Bertz CT molecular complexity index is 345. The lowest BCUT2D eigenvalue weighted by molar-refractivity contribution is -0.128. The van der Waals surface area contributed by atoms with Crippen molar-refractivity contribution in [1.82, 2.24) is 5.32 Å². The number of halogens is 3. The third-order valence-electron chi connectivity index (χ3n) is 3.12. The summed E-state index contributed by atoms with van der Waals surface area (Å²) in [5, 5.41) is 2.57. The fraction of sp³-hybridized carbons (Fsp3) is 0.538. The SMILES string of the molecule is CCC(CN)(Cc1ccccc1)NCC(F)(F)F. The van der Waals surface area contributed by atoms with Crippen LogP contribution in [0.25, 0.3) is 0 Å². The highest BCUT2D eigenvalue weighted by atomic mass is 19.4. The van der Waals surface area contributed by atoms with Crippen LogP contribution >= 0.6 is 0 Å². The molecule has 0 radical (unpaired) electrons. The van der Waals surface area contributed by atoms with Gasteiger partial charge in [0.1, 0.15) is 0 Å². The molecule has 0 aromatic heterocycles. The molecule has 5 heteroatoms. The first-order chi connectivity index (χ1) is 8.41. The topological polar surface area (TPSA) is 38.0 Å². The third kappa shape index (κ3) is 4.66. The number of benzene rings is 1. The molecule has 1 aromatic rings. The van der Waals surface area contributed by atoms with Gasteiger partial charge in [0, 0.05) is 12.1 Å². The lowest BCUT2D eigenvalue weighted by Crippen LogP contribution is -2.55. The number of nitrogens with one attached hydrogen (secondary N) is 1. The van der Waals surface area contributed by atoms with Crippen molar-refractivity contribution in [3.63, 3.8) is 0 Å². The van der Waals surface area contributed by atoms with Crippen molar-refractivity contribution in [3.8, 4) is 0 Å². The van der Waals surface area contributed by atoms with Crippen LogP contribution in [0.2, 0.25) is 0 Å². The molecule has 0 saturated carbocycles. The van der Waals surface area contributed by atoms with Crippen LogP contribution in [0.15, 0.2) is 30.3 Å². The Labute approximate surface area is 105 Å². The highest BCUT2D eigenvalue weighted by molar-refractivity contribution is 5.18. The minimum Gasteiger partial charge on any atom is -0.329 e. The second-order valence-corrected chi connectivity index (χ2v) is 4.47. The molecule has 0 bridgehead atoms. The van der Waals surface area contributed by atoms with E-state index in [0.29, 0.717) is 12.8 Å². The summed E-state index contributed by atoms with van der Waals surface area (Å²) in [7, 11) is 0. The maximum absolute atomic E-state index is 12.3. The molecular formula is C13H19F3N2. The predicted molar refractivity (Wildman–Crippen MR) is 66.3 cm³/mol. The zero-order valence-corrected chi connectivity index (χ0v) is 10.4. The zero-order valence-electron chi connectivity index (χ0n) is 10.4. The van der Waals surface area contributed by atoms with Gasteiger partial charge in [0.25, 0.3) is 0 Å². The molecule has 2 nitrogen and oxygen atoms in total. The summed E-state index contributed by atoms with van der Waals surface area (Å²) in [5.74, 6) is 0. The zero-order chi connectivity index (χ0) is 13.6. The summed E-state index contributed by atoms with van der Waals surface area (Å²) in [4.78, 5) is 0. The Balaban J connectivity index is 2.74. The van der Waals surface area contributed by atoms with E-state index in [0.717, 1.165) is 5.56 Å². The maximum atomic E-state index is 12.3. The molecule has 1 atom stereocenters. The van der Waals surface area contributed by atoms with Gasteiger partial charge in [0.2, 0.25) is 0 Å². The normalized spacial score (nSPS) is 15.4. The summed E-state index contributed by atoms with van der Waals surface area (Å²) in [6.45, 7) is 1.01. The largest absolute Gasteiger partial charge is 0.401 e. The highest BCUT2D eigenvalue weighted by Crippen LogP contribution is 2.20. The van der Waals surface area contributed by atoms with Gasteiger partial charge < -0.3 is 11.1 Å². The molecule has 1 aromatic carbocycles. The predicted octanol–water partition coefficient (Wildman–Crippen LogP) is 2.49. The molecule has 18 heavy (non-hydrogen) atoms. The van der Waals surface area contributed by atoms with Crippen LogP contribution in [0.3, 0.4) is 0 Å². The van der Waals surface area contributed by atoms with E-state index in [4.69, 9.17) is 5.73 Å². The number of hydrogen-bond donors (Lipinski definition) is 2. The summed E-state index contributed by atoms with van der Waals surface area (Å²) in [6.07, 6.45) is -3.17.